The molecule has 1 N–H and O–H groups in total. The van der Waals surface area contributed by atoms with Gasteiger partial charge < -0.3 is 10.1 Å². The number of carbonyl (C=O) groups excluding carboxylic acids is 3. The lowest BCUT2D eigenvalue weighted by atomic mass is 10.1. The third-order valence-corrected chi connectivity index (χ3v) is 3.53. The van der Waals surface area contributed by atoms with Crippen molar-refractivity contribution in [2.45, 2.75) is 13.3 Å². The molecule has 0 spiro atoms. The van der Waals surface area contributed by atoms with Gasteiger partial charge >= 0.3 is 5.97 Å². The van der Waals surface area contributed by atoms with Crippen molar-refractivity contribution in [1.82, 2.24) is 5.32 Å². The molecule has 0 aliphatic heterocycles. The van der Waals surface area contributed by atoms with Crippen molar-refractivity contribution in [3.8, 4) is 0 Å². The fourth-order valence-corrected chi connectivity index (χ4v) is 2.09. The van der Waals surface area contributed by atoms with Crippen LogP contribution in [0.15, 0.2) is 48.5 Å². The maximum atomic E-state index is 13.0. The van der Waals surface area contributed by atoms with E-state index in [1.165, 1.54) is 18.2 Å². The second kappa shape index (κ2) is 8.73. The number of ketones is 1. The van der Waals surface area contributed by atoms with Crippen LogP contribution in [0.25, 0.3) is 0 Å². The second-order valence-corrected chi connectivity index (χ2v) is 5.33. The van der Waals surface area contributed by atoms with Gasteiger partial charge in [0.15, 0.2) is 12.4 Å². The molecule has 0 radical (unpaired) electrons. The molecule has 0 aromatic heterocycles. The Balaban J connectivity index is 1.78. The molecule has 0 saturated heterocycles. The molecule has 25 heavy (non-hydrogen) atoms. The molecule has 0 bridgehead atoms. The minimum Gasteiger partial charge on any atom is -0.456 e. The molecule has 1 amide bonds. The van der Waals surface area contributed by atoms with Crippen molar-refractivity contribution in [3.05, 3.63) is 71.0 Å². The molecule has 2 rings (SSSR count). The SMILES string of the molecule is CCc1ccc(C(=O)COC(=O)CNC(=O)c2cccc(F)c2)cc1. The number of Topliss-reactive ketones (excluding diaryl/α,β-unsaturated/α-hetero) is 1. The Hall–Kier alpha value is -3.02. The zero-order chi connectivity index (χ0) is 18.2. The molecular formula is C19H18FNO4. The van der Waals surface area contributed by atoms with Gasteiger partial charge in [0.05, 0.1) is 0 Å². The van der Waals surface area contributed by atoms with Gasteiger partial charge in [0.2, 0.25) is 0 Å². The first-order chi connectivity index (χ1) is 12.0. The Morgan fingerprint density at radius 3 is 2.40 bits per heavy atom. The number of hydrogen-bond donors (Lipinski definition) is 1. The summed E-state index contributed by atoms with van der Waals surface area (Å²) in [5, 5.41) is 2.31. The van der Waals surface area contributed by atoms with Gasteiger partial charge in [0.25, 0.3) is 5.91 Å². The van der Waals surface area contributed by atoms with E-state index in [0.717, 1.165) is 18.1 Å². The number of halogens is 1. The first-order valence-corrected chi connectivity index (χ1v) is 7.81. The lowest BCUT2D eigenvalue weighted by Crippen LogP contribution is -2.31. The Kier molecular flexibility index (Phi) is 6.39. The Labute approximate surface area is 144 Å². The largest absolute Gasteiger partial charge is 0.456 e. The summed E-state index contributed by atoms with van der Waals surface area (Å²) < 4.78 is 17.9. The number of nitrogens with one attached hydrogen (secondary N) is 1. The fourth-order valence-electron chi connectivity index (χ4n) is 2.09. The summed E-state index contributed by atoms with van der Waals surface area (Å²) in [6, 6.07) is 12.1. The molecule has 0 unspecified atom stereocenters. The number of ether oxygens (including phenoxy) is 1. The van der Waals surface area contributed by atoms with Crippen molar-refractivity contribution in [2.75, 3.05) is 13.2 Å². The van der Waals surface area contributed by atoms with Crippen LogP contribution in [0.2, 0.25) is 0 Å². The lowest BCUT2D eigenvalue weighted by Gasteiger charge is -2.07. The van der Waals surface area contributed by atoms with Gasteiger partial charge in [-0.3, -0.25) is 14.4 Å². The van der Waals surface area contributed by atoms with Crippen LogP contribution in [0.1, 0.15) is 33.2 Å². The van der Waals surface area contributed by atoms with Crippen molar-refractivity contribution in [3.63, 3.8) is 0 Å². The minimum atomic E-state index is -0.747. The zero-order valence-electron chi connectivity index (χ0n) is 13.8. The number of rotatable bonds is 7. The van der Waals surface area contributed by atoms with Crippen LogP contribution in [-0.2, 0) is 16.0 Å². The van der Waals surface area contributed by atoms with Gasteiger partial charge in [0, 0.05) is 11.1 Å². The summed E-state index contributed by atoms with van der Waals surface area (Å²) in [7, 11) is 0. The van der Waals surface area contributed by atoms with E-state index in [9.17, 15) is 18.8 Å². The summed E-state index contributed by atoms with van der Waals surface area (Å²) in [6.45, 7) is 1.20. The fraction of sp³-hybridized carbons (Fsp3) is 0.211. The van der Waals surface area contributed by atoms with Crippen LogP contribution < -0.4 is 5.32 Å². The molecule has 130 valence electrons. The lowest BCUT2D eigenvalue weighted by molar-refractivity contribution is -0.141. The highest BCUT2D eigenvalue weighted by Gasteiger charge is 2.12. The van der Waals surface area contributed by atoms with Gasteiger partial charge in [-0.2, -0.15) is 0 Å². The summed E-state index contributed by atoms with van der Waals surface area (Å²) >= 11 is 0. The van der Waals surface area contributed by atoms with Crippen LogP contribution in [0.4, 0.5) is 4.39 Å². The summed E-state index contributed by atoms with van der Waals surface area (Å²) in [4.78, 5) is 35.3. The van der Waals surface area contributed by atoms with E-state index in [-0.39, 0.29) is 11.3 Å². The van der Waals surface area contributed by atoms with Crippen LogP contribution in [0.3, 0.4) is 0 Å². The number of amides is 1. The maximum Gasteiger partial charge on any atom is 0.325 e. The molecule has 0 aliphatic carbocycles. The van der Waals surface area contributed by atoms with E-state index < -0.39 is 30.8 Å². The molecule has 0 heterocycles. The summed E-state index contributed by atoms with van der Waals surface area (Å²) in [5.74, 6) is -2.22. The van der Waals surface area contributed by atoms with Gasteiger partial charge in [-0.1, -0.05) is 37.3 Å². The predicted octanol–water partition coefficient (Wildman–Crippen LogP) is 2.54. The van der Waals surface area contributed by atoms with Crippen molar-refractivity contribution in [2.24, 2.45) is 0 Å². The number of aryl methyl sites for hydroxylation is 1. The Bertz CT molecular complexity index is 771. The highest BCUT2D eigenvalue weighted by Crippen LogP contribution is 2.06. The normalized spacial score (nSPS) is 10.2. The molecule has 0 fully saturated rings. The van der Waals surface area contributed by atoms with Crippen LogP contribution in [0, 0.1) is 5.82 Å². The first-order valence-electron chi connectivity index (χ1n) is 7.81. The van der Waals surface area contributed by atoms with Crippen LogP contribution >= 0.6 is 0 Å². The number of carbonyl (C=O) groups is 3. The second-order valence-electron chi connectivity index (χ2n) is 5.33. The highest BCUT2D eigenvalue weighted by molar-refractivity contribution is 5.98. The predicted molar refractivity (Wildman–Crippen MR) is 89.8 cm³/mol. The topological polar surface area (TPSA) is 72.5 Å². The van der Waals surface area contributed by atoms with Crippen molar-refractivity contribution in [1.29, 1.82) is 0 Å². The van der Waals surface area contributed by atoms with E-state index in [1.807, 2.05) is 19.1 Å². The van der Waals surface area contributed by atoms with Crippen LogP contribution in [-0.4, -0.2) is 30.8 Å². The third-order valence-electron chi connectivity index (χ3n) is 3.53. The zero-order valence-corrected chi connectivity index (χ0v) is 13.8. The molecule has 2 aromatic rings. The molecule has 6 heteroatoms. The van der Waals surface area contributed by atoms with E-state index in [1.54, 1.807) is 12.1 Å². The quantitative estimate of drug-likeness (QED) is 0.619. The number of esters is 1. The maximum absolute atomic E-state index is 13.0. The van der Waals surface area contributed by atoms with Crippen molar-refractivity contribution < 1.29 is 23.5 Å². The third kappa shape index (κ3) is 5.53. The van der Waals surface area contributed by atoms with E-state index in [0.29, 0.717) is 5.56 Å². The molecule has 5 nitrogen and oxygen atoms in total. The van der Waals surface area contributed by atoms with E-state index >= 15 is 0 Å². The molecule has 0 aliphatic rings. The average molecular weight is 343 g/mol. The molecular weight excluding hydrogens is 325 g/mol. The van der Waals surface area contributed by atoms with Gasteiger partial charge in [0.1, 0.15) is 12.4 Å². The first kappa shape index (κ1) is 18.3. The van der Waals surface area contributed by atoms with Crippen molar-refractivity contribution >= 4 is 17.7 Å². The average Bonchev–Trinajstić information content (AvgIpc) is 2.64. The van der Waals surface area contributed by atoms with Gasteiger partial charge in [-0.15, -0.1) is 0 Å². The monoisotopic (exact) mass is 343 g/mol. The van der Waals surface area contributed by atoms with Gasteiger partial charge in [-0.25, -0.2) is 4.39 Å². The Morgan fingerprint density at radius 1 is 1.04 bits per heavy atom. The van der Waals surface area contributed by atoms with Gasteiger partial charge in [-0.05, 0) is 30.2 Å². The summed E-state index contributed by atoms with van der Waals surface area (Å²) in [6.07, 6.45) is 0.870. The van der Waals surface area contributed by atoms with E-state index in [2.05, 4.69) is 5.32 Å². The smallest absolute Gasteiger partial charge is 0.325 e. The van der Waals surface area contributed by atoms with E-state index in [4.69, 9.17) is 4.74 Å². The minimum absolute atomic E-state index is 0.0971. The number of hydrogen-bond acceptors (Lipinski definition) is 4. The summed E-state index contributed by atoms with van der Waals surface area (Å²) in [5.41, 5.74) is 1.65. The molecule has 0 atom stereocenters. The number of benzene rings is 2. The Morgan fingerprint density at radius 2 is 1.76 bits per heavy atom. The highest BCUT2D eigenvalue weighted by atomic mass is 19.1. The molecule has 2 aromatic carbocycles. The van der Waals surface area contributed by atoms with Crippen LogP contribution in [0.5, 0.6) is 0 Å². The molecule has 0 saturated carbocycles. The standard InChI is InChI=1S/C19H18FNO4/c1-2-13-6-8-14(9-7-13)17(22)12-25-18(23)11-21-19(24)15-4-3-5-16(20)10-15/h3-10H,2,11-12H2,1H3,(H,21,24).